The van der Waals surface area contributed by atoms with Crippen molar-refractivity contribution in [1.82, 2.24) is 4.98 Å². The van der Waals surface area contributed by atoms with Gasteiger partial charge in [0, 0.05) is 12.7 Å². The summed E-state index contributed by atoms with van der Waals surface area (Å²) in [5.74, 6) is 0.786. The zero-order chi connectivity index (χ0) is 13.1. The van der Waals surface area contributed by atoms with E-state index in [-0.39, 0.29) is 0 Å². The molecule has 0 aliphatic rings. The van der Waals surface area contributed by atoms with E-state index < -0.39 is 0 Å². The van der Waals surface area contributed by atoms with Crippen molar-refractivity contribution in [3.05, 3.63) is 60.0 Å². The van der Waals surface area contributed by atoms with Crippen LogP contribution in [0.3, 0.4) is 0 Å². The van der Waals surface area contributed by atoms with Gasteiger partial charge in [-0.2, -0.15) is 5.26 Å². The fourth-order valence-electron chi connectivity index (χ4n) is 1.97. The Balaban J connectivity index is 1.82. The van der Waals surface area contributed by atoms with Gasteiger partial charge in [0.1, 0.15) is 11.4 Å². The normalized spacial score (nSPS) is 10.3. The number of aromatic nitrogens is 1. The van der Waals surface area contributed by atoms with Crippen LogP contribution in [0.4, 0.5) is 5.82 Å². The molecule has 0 aliphatic heterocycles. The van der Waals surface area contributed by atoms with Crippen LogP contribution in [-0.4, -0.2) is 4.98 Å². The number of rotatable bonds is 3. The van der Waals surface area contributed by atoms with Crippen LogP contribution in [0.1, 0.15) is 11.1 Å². The molecular formula is C15H11N3O. The van der Waals surface area contributed by atoms with Crippen LogP contribution in [0.2, 0.25) is 0 Å². The number of nitriles is 1. The Labute approximate surface area is 110 Å². The lowest BCUT2D eigenvalue weighted by molar-refractivity contribution is 0.615. The van der Waals surface area contributed by atoms with E-state index in [1.807, 2.05) is 30.3 Å². The highest BCUT2D eigenvalue weighted by molar-refractivity contribution is 5.87. The molecule has 3 aromatic rings. The molecule has 92 valence electrons. The van der Waals surface area contributed by atoms with E-state index in [1.165, 1.54) is 0 Å². The standard InChI is InChI=1S/C15H11N3O/c16-9-11-2-1-3-12(8-11)10-18-15-13-5-7-19-14(13)4-6-17-15/h1-8H,10H2,(H,17,18). The first-order valence-electron chi connectivity index (χ1n) is 5.92. The Kier molecular flexibility index (Phi) is 2.87. The minimum absolute atomic E-state index is 0.618. The third-order valence-electron chi connectivity index (χ3n) is 2.90. The average Bonchev–Trinajstić information content (AvgIpc) is 2.94. The Morgan fingerprint density at radius 2 is 2.21 bits per heavy atom. The smallest absolute Gasteiger partial charge is 0.139 e. The predicted molar refractivity (Wildman–Crippen MR) is 72.5 cm³/mol. The molecule has 2 heterocycles. The van der Waals surface area contributed by atoms with Crippen molar-refractivity contribution in [2.45, 2.75) is 6.54 Å². The number of nitrogens with one attached hydrogen (secondary N) is 1. The number of anilines is 1. The summed E-state index contributed by atoms with van der Waals surface area (Å²) in [5.41, 5.74) is 2.51. The second kappa shape index (κ2) is 4.83. The van der Waals surface area contributed by atoms with Crippen LogP contribution < -0.4 is 5.32 Å². The largest absolute Gasteiger partial charge is 0.464 e. The molecule has 19 heavy (non-hydrogen) atoms. The lowest BCUT2D eigenvalue weighted by Gasteiger charge is -2.06. The Morgan fingerprint density at radius 3 is 3.11 bits per heavy atom. The predicted octanol–water partition coefficient (Wildman–Crippen LogP) is 3.31. The number of pyridine rings is 1. The highest BCUT2D eigenvalue weighted by atomic mass is 16.3. The van der Waals surface area contributed by atoms with E-state index in [1.54, 1.807) is 18.5 Å². The molecule has 0 radical (unpaired) electrons. The van der Waals surface area contributed by atoms with Crippen LogP contribution in [0.5, 0.6) is 0 Å². The highest BCUT2D eigenvalue weighted by Crippen LogP contribution is 2.22. The highest BCUT2D eigenvalue weighted by Gasteiger charge is 2.04. The van der Waals surface area contributed by atoms with Gasteiger partial charge in [-0.15, -0.1) is 0 Å². The summed E-state index contributed by atoms with van der Waals surface area (Å²) < 4.78 is 5.32. The topological polar surface area (TPSA) is 61.9 Å². The first kappa shape index (κ1) is 11.3. The van der Waals surface area contributed by atoms with Crippen molar-refractivity contribution in [2.24, 2.45) is 0 Å². The lowest BCUT2D eigenvalue weighted by atomic mass is 10.1. The van der Waals surface area contributed by atoms with Gasteiger partial charge in [-0.1, -0.05) is 12.1 Å². The van der Waals surface area contributed by atoms with Gasteiger partial charge in [0.15, 0.2) is 0 Å². The third kappa shape index (κ3) is 2.26. The third-order valence-corrected chi connectivity index (χ3v) is 2.90. The number of hydrogen-bond acceptors (Lipinski definition) is 4. The number of nitrogens with zero attached hydrogens (tertiary/aromatic N) is 2. The molecule has 0 saturated heterocycles. The summed E-state index contributed by atoms with van der Waals surface area (Å²) in [7, 11) is 0. The summed E-state index contributed by atoms with van der Waals surface area (Å²) in [5, 5.41) is 13.1. The van der Waals surface area contributed by atoms with Crippen molar-refractivity contribution in [3.8, 4) is 6.07 Å². The summed E-state index contributed by atoms with van der Waals surface area (Å²) >= 11 is 0. The van der Waals surface area contributed by atoms with E-state index in [0.29, 0.717) is 12.1 Å². The number of hydrogen-bond donors (Lipinski definition) is 1. The molecule has 0 bridgehead atoms. The van der Waals surface area contributed by atoms with E-state index in [0.717, 1.165) is 22.4 Å². The maximum Gasteiger partial charge on any atom is 0.139 e. The maximum absolute atomic E-state index is 8.87. The molecule has 4 heteroatoms. The van der Waals surface area contributed by atoms with Gasteiger partial charge in [0.25, 0.3) is 0 Å². The van der Waals surface area contributed by atoms with E-state index in [4.69, 9.17) is 9.68 Å². The minimum atomic E-state index is 0.618. The van der Waals surface area contributed by atoms with Gasteiger partial charge >= 0.3 is 0 Å². The van der Waals surface area contributed by atoms with Crippen molar-refractivity contribution >= 4 is 16.8 Å². The van der Waals surface area contributed by atoms with Crippen molar-refractivity contribution < 1.29 is 4.42 Å². The van der Waals surface area contributed by atoms with Gasteiger partial charge in [-0.25, -0.2) is 4.98 Å². The fraction of sp³-hybridized carbons (Fsp3) is 0.0667. The second-order valence-corrected chi connectivity index (χ2v) is 4.16. The Morgan fingerprint density at radius 1 is 1.26 bits per heavy atom. The summed E-state index contributed by atoms with van der Waals surface area (Å²) in [6, 6.07) is 13.4. The number of fused-ring (bicyclic) bond motifs is 1. The molecule has 0 amide bonds. The average molecular weight is 249 g/mol. The van der Waals surface area contributed by atoms with Crippen molar-refractivity contribution in [3.63, 3.8) is 0 Å². The molecule has 1 aromatic carbocycles. The molecule has 4 nitrogen and oxygen atoms in total. The molecule has 0 aliphatic carbocycles. The first-order chi connectivity index (χ1) is 9.36. The van der Waals surface area contributed by atoms with Crippen molar-refractivity contribution in [2.75, 3.05) is 5.32 Å². The minimum Gasteiger partial charge on any atom is -0.464 e. The van der Waals surface area contributed by atoms with Gasteiger partial charge < -0.3 is 9.73 Å². The second-order valence-electron chi connectivity index (χ2n) is 4.16. The first-order valence-corrected chi connectivity index (χ1v) is 5.92. The molecule has 2 aromatic heterocycles. The Hall–Kier alpha value is -2.80. The van der Waals surface area contributed by atoms with Gasteiger partial charge in [0.05, 0.1) is 23.3 Å². The van der Waals surface area contributed by atoms with Crippen LogP contribution >= 0.6 is 0 Å². The van der Waals surface area contributed by atoms with Crippen LogP contribution in [-0.2, 0) is 6.54 Å². The molecule has 3 rings (SSSR count). The van der Waals surface area contributed by atoms with E-state index in [9.17, 15) is 0 Å². The molecule has 1 N–H and O–H groups in total. The fourth-order valence-corrected chi connectivity index (χ4v) is 1.97. The van der Waals surface area contributed by atoms with Crippen LogP contribution in [0.15, 0.2) is 53.3 Å². The molecule has 0 unspecified atom stereocenters. The molecule has 0 atom stereocenters. The quantitative estimate of drug-likeness (QED) is 0.773. The van der Waals surface area contributed by atoms with Crippen LogP contribution in [0.25, 0.3) is 11.0 Å². The summed E-state index contributed by atoms with van der Waals surface area (Å²) in [4.78, 5) is 4.30. The zero-order valence-electron chi connectivity index (χ0n) is 10.1. The van der Waals surface area contributed by atoms with Crippen LogP contribution in [0, 0.1) is 11.3 Å². The van der Waals surface area contributed by atoms with E-state index >= 15 is 0 Å². The molecule has 0 saturated carbocycles. The zero-order valence-corrected chi connectivity index (χ0v) is 10.1. The summed E-state index contributed by atoms with van der Waals surface area (Å²) in [6.07, 6.45) is 3.35. The number of benzene rings is 1. The SMILES string of the molecule is N#Cc1cccc(CNc2nccc3occc23)c1. The maximum atomic E-state index is 8.87. The van der Waals surface area contributed by atoms with Crippen molar-refractivity contribution in [1.29, 1.82) is 5.26 Å². The molecule has 0 spiro atoms. The lowest BCUT2D eigenvalue weighted by Crippen LogP contribution is -2.01. The summed E-state index contributed by atoms with van der Waals surface area (Å²) in [6.45, 7) is 0.618. The molecular weight excluding hydrogens is 238 g/mol. The van der Waals surface area contributed by atoms with Gasteiger partial charge in [0.2, 0.25) is 0 Å². The van der Waals surface area contributed by atoms with Gasteiger partial charge in [-0.3, -0.25) is 0 Å². The van der Waals surface area contributed by atoms with Gasteiger partial charge in [-0.05, 0) is 29.8 Å². The Bertz CT molecular complexity index is 755. The number of furan rings is 1. The molecule has 0 fully saturated rings. The monoisotopic (exact) mass is 249 g/mol. The van der Waals surface area contributed by atoms with E-state index in [2.05, 4.69) is 16.4 Å².